The van der Waals surface area contributed by atoms with Gasteiger partial charge in [0.1, 0.15) is 6.54 Å². The molecule has 29 heavy (non-hydrogen) atoms. The Bertz CT molecular complexity index is 1150. The largest absolute Gasteiger partial charge is 0.350 e. The Hall–Kier alpha value is -3.00. The van der Waals surface area contributed by atoms with Gasteiger partial charge in [-0.3, -0.25) is 19.0 Å². The number of nitrogens with one attached hydrogen (secondary N) is 2. The minimum atomic E-state index is -0.296. The van der Waals surface area contributed by atoms with Crippen LogP contribution in [0.15, 0.2) is 58.1 Å². The molecule has 1 saturated carbocycles. The zero-order chi connectivity index (χ0) is 20.4. The van der Waals surface area contributed by atoms with Crippen LogP contribution in [0.5, 0.6) is 0 Å². The number of benzene rings is 2. The van der Waals surface area contributed by atoms with Gasteiger partial charge in [0.15, 0.2) is 0 Å². The van der Waals surface area contributed by atoms with Crippen molar-refractivity contribution in [2.45, 2.75) is 25.9 Å². The Labute approximate surface area is 175 Å². The van der Waals surface area contributed by atoms with Gasteiger partial charge in [0.25, 0.3) is 5.56 Å². The van der Waals surface area contributed by atoms with Crippen LogP contribution in [0.4, 0.5) is 5.69 Å². The highest BCUT2D eigenvalue weighted by atomic mass is 79.9. The van der Waals surface area contributed by atoms with Gasteiger partial charge in [-0.1, -0.05) is 28.1 Å². The summed E-state index contributed by atoms with van der Waals surface area (Å²) in [6.07, 6.45) is 3.27. The third kappa shape index (κ3) is 4.71. The fraction of sp³-hybridized carbons (Fsp3) is 0.238. The maximum absolute atomic E-state index is 12.6. The first kappa shape index (κ1) is 19.3. The summed E-state index contributed by atoms with van der Waals surface area (Å²) in [5.41, 5.74) is 1.89. The quantitative estimate of drug-likeness (QED) is 0.598. The summed E-state index contributed by atoms with van der Waals surface area (Å²) in [6, 6.07) is 12.6. The molecule has 0 saturated heterocycles. The SMILES string of the molecule is O=C(Cn1cnc2ccc(Br)cc2c1=O)NCc1cccc(NC(=O)C2CC2)c1. The molecule has 1 aliphatic rings. The van der Waals surface area contributed by atoms with Crippen molar-refractivity contribution >= 4 is 44.3 Å². The molecule has 4 rings (SSSR count). The molecule has 0 spiro atoms. The van der Waals surface area contributed by atoms with E-state index in [1.807, 2.05) is 30.3 Å². The molecule has 0 radical (unpaired) electrons. The lowest BCUT2D eigenvalue weighted by Gasteiger charge is -2.10. The monoisotopic (exact) mass is 454 g/mol. The van der Waals surface area contributed by atoms with Crippen LogP contribution in [0.2, 0.25) is 0 Å². The average molecular weight is 455 g/mol. The van der Waals surface area contributed by atoms with Crippen molar-refractivity contribution in [1.29, 1.82) is 0 Å². The summed E-state index contributed by atoms with van der Waals surface area (Å²) in [4.78, 5) is 41.0. The van der Waals surface area contributed by atoms with Gasteiger partial charge in [-0.25, -0.2) is 4.98 Å². The smallest absolute Gasteiger partial charge is 0.261 e. The Morgan fingerprint density at radius 3 is 2.79 bits per heavy atom. The van der Waals surface area contributed by atoms with Gasteiger partial charge in [0.2, 0.25) is 11.8 Å². The highest BCUT2D eigenvalue weighted by Gasteiger charge is 2.29. The summed E-state index contributed by atoms with van der Waals surface area (Å²) in [6.45, 7) is 0.180. The number of anilines is 1. The molecule has 0 atom stereocenters. The molecule has 1 fully saturated rings. The second kappa shape index (κ2) is 8.16. The average Bonchev–Trinajstić information content (AvgIpc) is 3.55. The van der Waals surface area contributed by atoms with Gasteiger partial charge in [0, 0.05) is 22.6 Å². The van der Waals surface area contributed by atoms with E-state index in [0.717, 1.165) is 22.9 Å². The lowest BCUT2D eigenvalue weighted by molar-refractivity contribution is -0.122. The molecule has 148 valence electrons. The molecule has 2 amide bonds. The lowest BCUT2D eigenvalue weighted by atomic mass is 10.2. The minimum Gasteiger partial charge on any atom is -0.350 e. The molecule has 1 aromatic heterocycles. The predicted octanol–water partition coefficient (Wildman–Crippen LogP) is 2.82. The first-order valence-corrected chi connectivity index (χ1v) is 10.1. The van der Waals surface area contributed by atoms with E-state index in [4.69, 9.17) is 0 Å². The molecule has 0 bridgehead atoms. The van der Waals surface area contributed by atoms with Crippen LogP contribution in [0.1, 0.15) is 18.4 Å². The number of rotatable bonds is 6. The van der Waals surface area contributed by atoms with Crippen LogP contribution in [-0.2, 0) is 22.7 Å². The maximum atomic E-state index is 12.6. The Morgan fingerprint density at radius 1 is 1.17 bits per heavy atom. The minimum absolute atomic E-state index is 0.0426. The number of nitrogens with zero attached hydrogens (tertiary/aromatic N) is 2. The molecule has 8 heteroatoms. The topological polar surface area (TPSA) is 93.1 Å². The van der Waals surface area contributed by atoms with Crippen LogP contribution in [0.3, 0.4) is 0 Å². The molecule has 7 nitrogen and oxygen atoms in total. The van der Waals surface area contributed by atoms with E-state index in [1.165, 1.54) is 10.9 Å². The summed E-state index contributed by atoms with van der Waals surface area (Å²) in [5.74, 6) is -0.121. The highest BCUT2D eigenvalue weighted by Crippen LogP contribution is 2.30. The zero-order valence-corrected chi connectivity index (χ0v) is 17.1. The van der Waals surface area contributed by atoms with E-state index >= 15 is 0 Å². The van der Waals surface area contributed by atoms with E-state index in [1.54, 1.807) is 12.1 Å². The van der Waals surface area contributed by atoms with Gasteiger partial charge in [0.05, 0.1) is 17.2 Å². The molecule has 1 heterocycles. The molecule has 2 N–H and O–H groups in total. The third-order valence-corrected chi connectivity index (χ3v) is 5.23. The van der Waals surface area contributed by atoms with Gasteiger partial charge in [-0.05, 0) is 48.7 Å². The predicted molar refractivity (Wildman–Crippen MR) is 113 cm³/mol. The van der Waals surface area contributed by atoms with Gasteiger partial charge < -0.3 is 10.6 Å². The molecular weight excluding hydrogens is 436 g/mol. The number of hydrogen-bond acceptors (Lipinski definition) is 4. The standard InChI is InChI=1S/C21H19BrN4O3/c22-15-6-7-18-17(9-15)21(29)26(12-24-18)11-19(27)23-10-13-2-1-3-16(8-13)25-20(28)14-4-5-14/h1-3,6-9,12,14H,4-5,10-11H2,(H,23,27)(H,25,28). The van der Waals surface area contributed by atoms with Crippen molar-refractivity contribution in [3.8, 4) is 0 Å². The van der Waals surface area contributed by atoms with E-state index in [0.29, 0.717) is 23.1 Å². The van der Waals surface area contributed by atoms with Crippen molar-refractivity contribution in [1.82, 2.24) is 14.9 Å². The van der Waals surface area contributed by atoms with Crippen molar-refractivity contribution < 1.29 is 9.59 Å². The molecule has 0 aliphatic heterocycles. The molecule has 3 aromatic rings. The van der Waals surface area contributed by atoms with Crippen LogP contribution in [-0.4, -0.2) is 21.4 Å². The zero-order valence-electron chi connectivity index (χ0n) is 15.5. The summed E-state index contributed by atoms with van der Waals surface area (Å²) >= 11 is 3.34. The van der Waals surface area contributed by atoms with Crippen molar-refractivity contribution in [2.75, 3.05) is 5.32 Å². The van der Waals surface area contributed by atoms with Crippen LogP contribution < -0.4 is 16.2 Å². The Kier molecular flexibility index (Phi) is 5.44. The number of hydrogen-bond donors (Lipinski definition) is 2. The number of aromatic nitrogens is 2. The number of fused-ring (bicyclic) bond motifs is 1. The number of carbonyl (C=O) groups is 2. The van der Waals surface area contributed by atoms with Crippen molar-refractivity contribution in [3.63, 3.8) is 0 Å². The highest BCUT2D eigenvalue weighted by molar-refractivity contribution is 9.10. The van der Waals surface area contributed by atoms with Crippen molar-refractivity contribution in [2.24, 2.45) is 5.92 Å². The number of amides is 2. The summed E-state index contributed by atoms with van der Waals surface area (Å²) in [5, 5.41) is 6.15. The molecule has 1 aliphatic carbocycles. The second-order valence-electron chi connectivity index (χ2n) is 7.08. The van der Waals surface area contributed by atoms with E-state index < -0.39 is 0 Å². The van der Waals surface area contributed by atoms with Crippen LogP contribution >= 0.6 is 15.9 Å². The number of halogens is 1. The van der Waals surface area contributed by atoms with E-state index in [2.05, 4.69) is 31.5 Å². The third-order valence-electron chi connectivity index (χ3n) is 4.73. The molecular formula is C21H19BrN4O3. The fourth-order valence-corrected chi connectivity index (χ4v) is 3.37. The summed E-state index contributed by atoms with van der Waals surface area (Å²) in [7, 11) is 0. The Balaban J connectivity index is 1.39. The van der Waals surface area contributed by atoms with Crippen molar-refractivity contribution in [3.05, 3.63) is 69.2 Å². The van der Waals surface area contributed by atoms with Gasteiger partial charge in [-0.15, -0.1) is 0 Å². The fourth-order valence-electron chi connectivity index (χ4n) is 3.00. The molecule has 0 unspecified atom stereocenters. The van der Waals surface area contributed by atoms with E-state index in [9.17, 15) is 14.4 Å². The number of carbonyl (C=O) groups excluding carboxylic acids is 2. The van der Waals surface area contributed by atoms with E-state index in [-0.39, 0.29) is 29.8 Å². The van der Waals surface area contributed by atoms with Crippen LogP contribution in [0.25, 0.3) is 10.9 Å². The summed E-state index contributed by atoms with van der Waals surface area (Å²) < 4.78 is 2.07. The van der Waals surface area contributed by atoms with Gasteiger partial charge in [-0.2, -0.15) is 0 Å². The van der Waals surface area contributed by atoms with Gasteiger partial charge >= 0.3 is 0 Å². The molecule has 2 aromatic carbocycles. The maximum Gasteiger partial charge on any atom is 0.261 e. The lowest BCUT2D eigenvalue weighted by Crippen LogP contribution is -2.32. The normalized spacial score (nSPS) is 13.3. The van der Waals surface area contributed by atoms with Crippen LogP contribution in [0, 0.1) is 5.92 Å². The Morgan fingerprint density at radius 2 is 2.00 bits per heavy atom. The second-order valence-corrected chi connectivity index (χ2v) is 8.00. The first-order valence-electron chi connectivity index (χ1n) is 9.31. The first-order chi connectivity index (χ1) is 14.0.